The minimum absolute atomic E-state index is 0.116. The van der Waals surface area contributed by atoms with Crippen LogP contribution in [0.1, 0.15) is 79.3 Å². The molecule has 12 nitrogen and oxygen atoms in total. The van der Waals surface area contributed by atoms with E-state index in [1.807, 2.05) is 19.9 Å². The minimum atomic E-state index is -1.69. The Hall–Kier alpha value is -3.87. The predicted octanol–water partition coefficient (Wildman–Crippen LogP) is 3.39. The van der Waals surface area contributed by atoms with Crippen LogP contribution in [0.2, 0.25) is 0 Å². The Kier molecular flexibility index (Phi) is 11.3. The van der Waals surface area contributed by atoms with Crippen LogP contribution < -0.4 is 0 Å². The molecular weight excluding hydrogens is 634 g/mol. The summed E-state index contributed by atoms with van der Waals surface area (Å²) in [7, 11) is 3.45. The fourth-order valence-corrected chi connectivity index (χ4v) is 8.04. The Morgan fingerprint density at radius 1 is 0.878 bits per heavy atom. The number of nitrogens with zero attached hydrogens (tertiary/aromatic N) is 1. The number of carbonyl (C=O) groups excluding carboxylic acids is 5. The van der Waals surface area contributed by atoms with Gasteiger partial charge >= 0.3 is 23.9 Å². The van der Waals surface area contributed by atoms with E-state index >= 15 is 0 Å². The first-order valence-electron chi connectivity index (χ1n) is 16.5. The highest BCUT2D eigenvalue weighted by molar-refractivity contribution is 5.93. The van der Waals surface area contributed by atoms with Crippen LogP contribution >= 0.6 is 0 Å². The second kappa shape index (κ2) is 14.5. The highest BCUT2D eigenvalue weighted by Gasteiger charge is 2.57. The van der Waals surface area contributed by atoms with E-state index in [9.17, 15) is 34.2 Å². The number of ether oxygens (including phenoxy) is 4. The molecule has 0 aromatic heterocycles. The van der Waals surface area contributed by atoms with Gasteiger partial charge in [-0.15, -0.1) is 0 Å². The molecule has 1 saturated carbocycles. The molecule has 0 saturated heterocycles. The zero-order valence-electron chi connectivity index (χ0n) is 29.7. The Bertz CT molecular complexity index is 1530. The fraction of sp³-hybridized carbons (Fsp3) is 0.595. The van der Waals surface area contributed by atoms with Crippen LogP contribution in [0.4, 0.5) is 0 Å². The topological polar surface area (TPSA) is 166 Å². The largest absolute Gasteiger partial charge is 0.461 e. The predicted molar refractivity (Wildman–Crippen MR) is 176 cm³/mol. The molecule has 12 heteroatoms. The van der Waals surface area contributed by atoms with Crippen molar-refractivity contribution in [3.63, 3.8) is 0 Å². The maximum atomic E-state index is 14.5. The summed E-state index contributed by atoms with van der Waals surface area (Å²) in [6, 6.07) is 8.22. The number of hydrogen-bond donors (Lipinski definition) is 2. The molecule has 1 aromatic carbocycles. The van der Waals surface area contributed by atoms with Crippen molar-refractivity contribution in [2.45, 2.75) is 110 Å². The van der Waals surface area contributed by atoms with Crippen LogP contribution in [-0.2, 0) is 42.9 Å². The van der Waals surface area contributed by atoms with Gasteiger partial charge in [-0.3, -0.25) is 24.1 Å². The molecular formula is C37H49NO11. The molecule has 4 rings (SSSR count). The van der Waals surface area contributed by atoms with Gasteiger partial charge in [-0.1, -0.05) is 44.2 Å². The van der Waals surface area contributed by atoms with Crippen LogP contribution in [0.5, 0.6) is 0 Å². The zero-order chi connectivity index (χ0) is 36.6. The van der Waals surface area contributed by atoms with E-state index in [-0.39, 0.29) is 19.3 Å². The number of Topliss-reactive ketones (excluding diaryl/α,β-unsaturated/α-hetero) is 1. The van der Waals surface area contributed by atoms with Crippen molar-refractivity contribution in [2.24, 2.45) is 16.7 Å². The number of likely N-dealkylation sites (N-methyl/N-ethyl adjacent to an activating group) is 1. The van der Waals surface area contributed by atoms with Crippen LogP contribution in [0.15, 0.2) is 53.1 Å². The number of rotatable bonds is 8. The summed E-state index contributed by atoms with van der Waals surface area (Å²) < 4.78 is 23.3. The molecule has 268 valence electrons. The van der Waals surface area contributed by atoms with Gasteiger partial charge in [-0.05, 0) is 74.6 Å². The molecule has 1 aromatic rings. The summed E-state index contributed by atoms with van der Waals surface area (Å²) >= 11 is 0. The highest BCUT2D eigenvalue weighted by atomic mass is 16.6. The van der Waals surface area contributed by atoms with Gasteiger partial charge in [0.05, 0.1) is 11.5 Å². The standard InChI is InChI=1S/C37H49NO11/c1-19-26(46-20(2)39)16-25-28(47-21(3)40)15-24-18-37(7,34(44)32(42)30(19)36(25,5)6)29(48-22(4)41)17-27(24)49-35(45)33(43)31(38(8)9)23-13-11-10-12-14-23/h10-15,25-29,31-33,42-43H,16-18H2,1-9H3/t25-,26-,27-,28-,29+,31+,32-,33-,37+/m1/s1. The Morgan fingerprint density at radius 3 is 2.02 bits per heavy atom. The van der Waals surface area contributed by atoms with E-state index in [0.29, 0.717) is 22.3 Å². The van der Waals surface area contributed by atoms with E-state index in [0.717, 1.165) is 0 Å². The number of carbonyl (C=O) groups is 5. The Balaban J connectivity index is 1.88. The lowest BCUT2D eigenvalue weighted by molar-refractivity contribution is -0.174. The van der Waals surface area contributed by atoms with E-state index in [1.54, 1.807) is 63.2 Å². The first-order chi connectivity index (χ1) is 22.8. The van der Waals surface area contributed by atoms with Crippen LogP contribution in [0, 0.1) is 16.7 Å². The van der Waals surface area contributed by atoms with Gasteiger partial charge in [0.15, 0.2) is 11.9 Å². The Morgan fingerprint density at radius 2 is 1.47 bits per heavy atom. The lowest BCUT2D eigenvalue weighted by Gasteiger charge is -2.51. The third kappa shape index (κ3) is 7.66. The van der Waals surface area contributed by atoms with E-state index in [2.05, 4.69) is 0 Å². The maximum absolute atomic E-state index is 14.5. The summed E-state index contributed by atoms with van der Waals surface area (Å²) in [6.45, 7) is 10.7. The molecule has 3 aliphatic carbocycles. The van der Waals surface area contributed by atoms with Gasteiger partial charge in [0.2, 0.25) is 0 Å². The maximum Gasteiger partial charge on any atom is 0.337 e. The van der Waals surface area contributed by atoms with Gasteiger partial charge in [-0.25, -0.2) is 4.79 Å². The van der Waals surface area contributed by atoms with Gasteiger partial charge < -0.3 is 29.2 Å². The fourth-order valence-electron chi connectivity index (χ4n) is 8.04. The molecule has 4 bridgehead atoms. The molecule has 0 unspecified atom stereocenters. The van der Waals surface area contributed by atoms with Crippen molar-refractivity contribution < 1.29 is 53.1 Å². The van der Waals surface area contributed by atoms with Crippen molar-refractivity contribution in [3.05, 3.63) is 58.7 Å². The third-order valence-corrected chi connectivity index (χ3v) is 10.4. The second-order valence-electron chi connectivity index (χ2n) is 14.5. The lowest BCUT2D eigenvalue weighted by atomic mass is 9.57. The van der Waals surface area contributed by atoms with Crippen molar-refractivity contribution in [3.8, 4) is 0 Å². The highest BCUT2D eigenvalue weighted by Crippen LogP contribution is 2.53. The monoisotopic (exact) mass is 683 g/mol. The average Bonchev–Trinajstić information content (AvgIpc) is 2.99. The molecule has 0 aliphatic heterocycles. The van der Waals surface area contributed by atoms with Crippen LogP contribution in [0.3, 0.4) is 0 Å². The lowest BCUT2D eigenvalue weighted by Crippen LogP contribution is -2.57. The second-order valence-corrected chi connectivity index (χ2v) is 14.5. The van der Waals surface area contributed by atoms with E-state index in [4.69, 9.17) is 18.9 Å². The zero-order valence-corrected chi connectivity index (χ0v) is 29.7. The number of esters is 4. The van der Waals surface area contributed by atoms with E-state index in [1.165, 1.54) is 20.8 Å². The summed E-state index contributed by atoms with van der Waals surface area (Å²) in [4.78, 5) is 67.1. The number of ketones is 1. The summed E-state index contributed by atoms with van der Waals surface area (Å²) in [5.74, 6) is -4.00. The molecule has 49 heavy (non-hydrogen) atoms. The first kappa shape index (κ1) is 37.9. The SMILES string of the molecule is CC(=O)O[C@H]1C[C@@H](OC(=O)[C@H](O)[C@H](c2ccccc2)N(C)C)C2=C[C@@H](OC(C)=O)[C@H]3C[C@@H](OC(C)=O)C(C)=C([C@@H](O)C(=O)[C@@]1(C)C2)C3(C)C. The summed E-state index contributed by atoms with van der Waals surface area (Å²) in [5.41, 5.74) is -0.553. The van der Waals surface area contributed by atoms with Gasteiger partial charge in [-0.2, -0.15) is 0 Å². The molecule has 0 amide bonds. The molecule has 1 fully saturated rings. The molecule has 0 heterocycles. The molecule has 2 N–H and O–H groups in total. The Labute approximate surface area is 287 Å². The quantitative estimate of drug-likeness (QED) is 0.233. The van der Waals surface area contributed by atoms with Gasteiger partial charge in [0, 0.05) is 33.1 Å². The van der Waals surface area contributed by atoms with Gasteiger partial charge in [0.1, 0.15) is 30.5 Å². The molecule has 3 aliphatic rings. The number of aliphatic hydroxyl groups excluding tert-OH is 2. The normalized spacial score (nSPS) is 30.8. The van der Waals surface area contributed by atoms with Crippen molar-refractivity contribution >= 4 is 29.7 Å². The van der Waals surface area contributed by atoms with Crippen molar-refractivity contribution in [1.82, 2.24) is 4.90 Å². The van der Waals surface area contributed by atoms with Crippen LogP contribution in [-0.4, -0.2) is 95.5 Å². The average molecular weight is 684 g/mol. The molecule has 0 spiro atoms. The number of benzene rings is 1. The smallest absolute Gasteiger partial charge is 0.337 e. The summed E-state index contributed by atoms with van der Waals surface area (Å²) in [6.07, 6.45) is -5.76. The summed E-state index contributed by atoms with van der Waals surface area (Å²) in [5, 5.41) is 23.3. The number of aliphatic hydroxyl groups is 2. The minimum Gasteiger partial charge on any atom is -0.461 e. The number of fused-ring (bicyclic) bond motifs is 4. The molecule has 0 radical (unpaired) electrons. The molecule has 9 atom stereocenters. The van der Waals surface area contributed by atoms with Crippen molar-refractivity contribution in [1.29, 1.82) is 0 Å². The number of hydrogen-bond acceptors (Lipinski definition) is 12. The first-order valence-corrected chi connectivity index (χ1v) is 16.5. The van der Waals surface area contributed by atoms with Gasteiger partial charge in [0.25, 0.3) is 0 Å². The van der Waals surface area contributed by atoms with Crippen molar-refractivity contribution in [2.75, 3.05) is 14.1 Å². The van der Waals surface area contributed by atoms with Crippen LogP contribution in [0.25, 0.3) is 0 Å². The third-order valence-electron chi connectivity index (χ3n) is 10.4. The van der Waals surface area contributed by atoms with E-state index < -0.39 is 89.1 Å².